The Bertz CT molecular complexity index is 1260. The summed E-state index contributed by atoms with van der Waals surface area (Å²) in [7, 11) is -2.97. The second-order valence-electron chi connectivity index (χ2n) is 8.61. The fourth-order valence-electron chi connectivity index (χ4n) is 4.44. The van der Waals surface area contributed by atoms with Crippen molar-refractivity contribution in [2.24, 2.45) is 0 Å². The second kappa shape index (κ2) is 8.54. The van der Waals surface area contributed by atoms with Gasteiger partial charge >= 0.3 is 5.95 Å². The number of anilines is 4. The third-order valence-electron chi connectivity index (χ3n) is 6.26. The molecule has 2 saturated heterocycles. The smallest absolute Gasteiger partial charge is 0.351 e. The molecule has 0 spiro atoms. The van der Waals surface area contributed by atoms with Crippen molar-refractivity contribution < 1.29 is 18.2 Å². The standard InChI is InChI=1S/C22H27N7O3S/c1-15(30)28-9-11-29(12-10-28)18-4-2-16(3-5-18)25-22-26-20-19(6-8-23-20)21(27-22)24-17-7-13-33(31,32)14-17/h2-6,8,17H,7,9-14H2,1H3,(H3,23,24,25,26,27)/p+1. The third-order valence-corrected chi connectivity index (χ3v) is 8.03. The average molecular weight is 471 g/mol. The predicted molar refractivity (Wildman–Crippen MR) is 128 cm³/mol. The van der Waals surface area contributed by atoms with Gasteiger partial charge in [0.1, 0.15) is 0 Å². The van der Waals surface area contributed by atoms with Crippen molar-refractivity contribution in [1.82, 2.24) is 14.9 Å². The lowest BCUT2D eigenvalue weighted by atomic mass is 10.2. The van der Waals surface area contributed by atoms with Crippen LogP contribution >= 0.6 is 0 Å². The maximum atomic E-state index is 11.8. The number of nitrogens with one attached hydrogen (secondary N) is 4. The number of nitrogens with zero attached hydrogens (tertiary/aromatic N) is 3. The Morgan fingerprint density at radius 1 is 1.15 bits per heavy atom. The Hall–Kier alpha value is -3.34. The molecule has 2 aliphatic rings. The third kappa shape index (κ3) is 4.72. The van der Waals surface area contributed by atoms with Crippen LogP contribution in [0, 0.1) is 0 Å². The zero-order valence-corrected chi connectivity index (χ0v) is 19.3. The molecule has 1 unspecified atom stereocenters. The molecular formula is C22H28N7O3S+. The molecule has 2 fully saturated rings. The number of carbonyl (C=O) groups is 1. The number of carbonyl (C=O) groups excluding carboxylic acids is 1. The van der Waals surface area contributed by atoms with Crippen molar-refractivity contribution in [3.05, 3.63) is 36.5 Å². The van der Waals surface area contributed by atoms with Gasteiger partial charge in [-0.3, -0.25) is 10.1 Å². The van der Waals surface area contributed by atoms with Crippen LogP contribution < -0.4 is 20.5 Å². The number of aromatic amines is 2. The van der Waals surface area contributed by atoms with E-state index in [1.165, 1.54) is 0 Å². The van der Waals surface area contributed by atoms with Crippen LogP contribution in [0.5, 0.6) is 0 Å². The van der Waals surface area contributed by atoms with Crippen molar-refractivity contribution in [1.29, 1.82) is 0 Å². The summed E-state index contributed by atoms with van der Waals surface area (Å²) in [4.78, 5) is 26.7. The first-order chi connectivity index (χ1) is 15.9. The highest BCUT2D eigenvalue weighted by Crippen LogP contribution is 2.24. The first-order valence-corrected chi connectivity index (χ1v) is 12.9. The largest absolute Gasteiger partial charge is 0.368 e. The molecule has 4 N–H and O–H groups in total. The van der Waals surface area contributed by atoms with Gasteiger partial charge in [-0.25, -0.2) is 13.4 Å². The van der Waals surface area contributed by atoms with E-state index in [0.29, 0.717) is 18.0 Å². The highest BCUT2D eigenvalue weighted by molar-refractivity contribution is 7.91. The number of fused-ring (bicyclic) bond motifs is 1. The van der Waals surface area contributed by atoms with Crippen molar-refractivity contribution in [3.8, 4) is 0 Å². The molecule has 0 aliphatic carbocycles. The highest BCUT2D eigenvalue weighted by atomic mass is 32.2. The Morgan fingerprint density at radius 3 is 2.58 bits per heavy atom. The van der Waals surface area contributed by atoms with Gasteiger partial charge in [-0.1, -0.05) is 4.98 Å². The number of piperazine rings is 1. The fourth-order valence-corrected chi connectivity index (χ4v) is 6.11. The van der Waals surface area contributed by atoms with Gasteiger partial charge in [0, 0.05) is 45.0 Å². The van der Waals surface area contributed by atoms with E-state index in [0.717, 1.165) is 48.8 Å². The summed E-state index contributed by atoms with van der Waals surface area (Å²) in [6.07, 6.45) is 2.40. The number of rotatable bonds is 5. The number of amides is 1. The first-order valence-electron chi connectivity index (χ1n) is 11.1. The minimum Gasteiger partial charge on any atom is -0.368 e. The summed E-state index contributed by atoms with van der Waals surface area (Å²) in [5.74, 6) is 1.77. The van der Waals surface area contributed by atoms with Gasteiger partial charge in [-0.05, 0) is 36.8 Å². The topological polar surface area (TPSA) is 125 Å². The first kappa shape index (κ1) is 21.5. The van der Waals surface area contributed by atoms with Crippen LogP contribution in [0.25, 0.3) is 11.0 Å². The van der Waals surface area contributed by atoms with Crippen LogP contribution in [-0.2, 0) is 14.6 Å². The molecule has 33 heavy (non-hydrogen) atoms. The Balaban J connectivity index is 1.30. The Kier molecular flexibility index (Phi) is 5.57. The van der Waals surface area contributed by atoms with Crippen LogP contribution in [-0.4, -0.2) is 72.9 Å². The van der Waals surface area contributed by atoms with Crippen molar-refractivity contribution in [3.63, 3.8) is 0 Å². The van der Waals surface area contributed by atoms with Crippen LogP contribution in [0.3, 0.4) is 0 Å². The maximum Gasteiger partial charge on any atom is 0.351 e. The molecule has 0 radical (unpaired) electrons. The van der Waals surface area contributed by atoms with E-state index in [2.05, 4.69) is 42.6 Å². The van der Waals surface area contributed by atoms with E-state index in [9.17, 15) is 13.2 Å². The molecule has 1 aromatic carbocycles. The molecule has 11 heteroatoms. The maximum absolute atomic E-state index is 11.8. The highest BCUT2D eigenvalue weighted by Gasteiger charge is 2.30. The lowest BCUT2D eigenvalue weighted by Crippen LogP contribution is -2.48. The molecule has 2 aliphatic heterocycles. The van der Waals surface area contributed by atoms with Crippen LogP contribution in [0.15, 0.2) is 36.5 Å². The van der Waals surface area contributed by atoms with Gasteiger partial charge in [-0.2, -0.15) is 0 Å². The van der Waals surface area contributed by atoms with Crippen molar-refractivity contribution in [2.75, 3.05) is 53.2 Å². The number of benzene rings is 1. The molecule has 0 bridgehead atoms. The molecule has 5 rings (SSSR count). The van der Waals surface area contributed by atoms with Gasteiger partial charge < -0.3 is 20.1 Å². The quantitative estimate of drug-likeness (QED) is 0.515. The molecule has 4 heterocycles. The van der Waals surface area contributed by atoms with E-state index < -0.39 is 9.84 Å². The molecule has 0 saturated carbocycles. The van der Waals surface area contributed by atoms with Gasteiger partial charge in [-0.15, -0.1) is 0 Å². The van der Waals surface area contributed by atoms with E-state index in [4.69, 9.17) is 0 Å². The van der Waals surface area contributed by atoms with Crippen LogP contribution in [0.1, 0.15) is 13.3 Å². The number of hydrogen-bond donors (Lipinski definition) is 3. The SMILES string of the molecule is CC(=O)N1CCN(c2ccc(Nc3nc4[nH]ccc4c(NC4CCS(=O)(=O)C4)[nH+]3)cc2)CC1. The number of hydrogen-bond acceptors (Lipinski definition) is 7. The summed E-state index contributed by atoms with van der Waals surface area (Å²) in [5.41, 5.74) is 2.70. The number of aromatic nitrogens is 3. The lowest BCUT2D eigenvalue weighted by molar-refractivity contribution is -0.346. The summed E-state index contributed by atoms with van der Waals surface area (Å²) in [6.45, 7) is 4.72. The molecule has 174 valence electrons. The molecular weight excluding hydrogens is 442 g/mol. The summed E-state index contributed by atoms with van der Waals surface area (Å²) in [6, 6.07) is 9.90. The molecule has 1 amide bonds. The van der Waals surface area contributed by atoms with Crippen molar-refractivity contribution in [2.45, 2.75) is 19.4 Å². The van der Waals surface area contributed by atoms with Crippen LogP contribution in [0.4, 0.5) is 23.1 Å². The fraction of sp³-hybridized carbons (Fsp3) is 0.409. The summed E-state index contributed by atoms with van der Waals surface area (Å²) < 4.78 is 23.7. The Labute approximate surface area is 192 Å². The van der Waals surface area contributed by atoms with Gasteiger partial charge in [0.15, 0.2) is 9.84 Å². The molecule has 3 aromatic rings. The zero-order valence-electron chi connectivity index (χ0n) is 18.5. The van der Waals surface area contributed by atoms with E-state index >= 15 is 0 Å². The van der Waals surface area contributed by atoms with Gasteiger partial charge in [0.2, 0.25) is 17.4 Å². The minimum atomic E-state index is -2.97. The second-order valence-corrected chi connectivity index (χ2v) is 10.8. The van der Waals surface area contributed by atoms with Gasteiger partial charge in [0.05, 0.1) is 28.6 Å². The summed E-state index contributed by atoms with van der Waals surface area (Å²) >= 11 is 0. The monoisotopic (exact) mass is 470 g/mol. The normalized spacial score (nSPS) is 20.2. The minimum absolute atomic E-state index is 0.123. The van der Waals surface area contributed by atoms with Crippen molar-refractivity contribution >= 4 is 49.9 Å². The van der Waals surface area contributed by atoms with E-state index in [-0.39, 0.29) is 23.5 Å². The number of sulfone groups is 1. The van der Waals surface area contributed by atoms with E-state index in [1.54, 1.807) is 6.92 Å². The summed E-state index contributed by atoms with van der Waals surface area (Å²) in [5, 5.41) is 7.53. The van der Waals surface area contributed by atoms with Crippen LogP contribution in [0.2, 0.25) is 0 Å². The molecule has 1 atom stereocenters. The van der Waals surface area contributed by atoms with Gasteiger partial charge in [0.25, 0.3) is 0 Å². The predicted octanol–water partition coefficient (Wildman–Crippen LogP) is 1.39. The molecule has 2 aromatic heterocycles. The number of H-pyrrole nitrogens is 2. The average Bonchev–Trinajstić information content (AvgIpc) is 3.40. The Morgan fingerprint density at radius 2 is 1.91 bits per heavy atom. The molecule has 10 nitrogen and oxygen atoms in total. The van der Waals surface area contributed by atoms with E-state index in [1.807, 2.05) is 29.3 Å². The zero-order chi connectivity index (χ0) is 23.0. The lowest BCUT2D eigenvalue weighted by Gasteiger charge is -2.35.